The number of allylic oxidation sites excluding steroid dienone is 2. The molecule has 13 nitrogen and oxygen atoms in total. The number of rotatable bonds is 7. The highest BCUT2D eigenvalue weighted by atomic mass is 16.7. The second-order valence-corrected chi connectivity index (χ2v) is 15.6. The second kappa shape index (κ2) is 12.8. The maximum Gasteiger partial charge on any atom is 0.335 e. The summed E-state index contributed by atoms with van der Waals surface area (Å²) in [7, 11) is 0. The SMILES string of the molecule is CC(=O)c1c(C)c(O)c2cc(C(=O)O)cc(OC3OC(CO)C4(CC5C6=C(CC=C6C6(CCO)COCC7CCCC5C76)CO4)C(O)C3O)c2c1O. The van der Waals surface area contributed by atoms with E-state index in [2.05, 4.69) is 6.08 Å². The minimum atomic E-state index is -1.78. The van der Waals surface area contributed by atoms with Crippen LogP contribution in [-0.4, -0.2) is 111 Å². The first-order valence-electron chi connectivity index (χ1n) is 18.2. The topological polar surface area (TPSA) is 213 Å². The van der Waals surface area contributed by atoms with Crippen LogP contribution >= 0.6 is 0 Å². The van der Waals surface area contributed by atoms with Crippen LogP contribution in [0.1, 0.15) is 71.7 Å². The molecule has 2 aromatic carbocycles. The van der Waals surface area contributed by atoms with Crippen molar-refractivity contribution >= 4 is 22.5 Å². The Labute approximate surface area is 300 Å². The summed E-state index contributed by atoms with van der Waals surface area (Å²) in [5.41, 5.74) is 1.09. The molecular weight excluding hydrogens is 676 g/mol. The Bertz CT molecular complexity index is 1890. The van der Waals surface area contributed by atoms with Gasteiger partial charge in [-0.3, -0.25) is 4.79 Å². The number of aromatic hydroxyl groups is 2. The van der Waals surface area contributed by atoms with Gasteiger partial charge in [-0.1, -0.05) is 12.5 Å². The van der Waals surface area contributed by atoms with Gasteiger partial charge in [-0.2, -0.15) is 0 Å². The molecular formula is C39H46O13. The molecule has 8 rings (SSSR count). The number of carboxylic acids is 1. The van der Waals surface area contributed by atoms with E-state index in [-0.39, 0.29) is 76.0 Å². The highest BCUT2D eigenvalue weighted by Crippen LogP contribution is 2.66. The number of carbonyl (C=O) groups excluding carboxylic acids is 1. The number of ketones is 1. The molecule has 0 aromatic heterocycles. The number of carboxylic acid groups (broad SMARTS) is 1. The number of phenolic OH excluding ortho intramolecular Hbond substituents is 2. The quantitative estimate of drug-likeness (QED) is 0.162. The van der Waals surface area contributed by atoms with E-state index in [0.717, 1.165) is 37.0 Å². The van der Waals surface area contributed by atoms with Crippen LogP contribution in [0.25, 0.3) is 10.8 Å². The first-order valence-corrected chi connectivity index (χ1v) is 18.2. The highest BCUT2D eigenvalue weighted by molar-refractivity contribution is 6.11. The molecule has 6 aliphatic rings. The van der Waals surface area contributed by atoms with E-state index in [4.69, 9.17) is 18.9 Å². The first-order chi connectivity index (χ1) is 24.9. The van der Waals surface area contributed by atoms with Crippen molar-refractivity contribution in [3.8, 4) is 17.2 Å². The van der Waals surface area contributed by atoms with Crippen LogP contribution < -0.4 is 4.74 Å². The van der Waals surface area contributed by atoms with Crippen molar-refractivity contribution in [1.82, 2.24) is 0 Å². The van der Waals surface area contributed by atoms with Crippen LogP contribution in [0, 0.1) is 36.0 Å². The fourth-order valence-electron chi connectivity index (χ4n) is 11.1. The third kappa shape index (κ3) is 4.93. The Hall–Kier alpha value is -3.56. The van der Waals surface area contributed by atoms with E-state index in [9.17, 15) is 45.3 Å². The summed E-state index contributed by atoms with van der Waals surface area (Å²) in [5, 5.41) is 77.0. The zero-order valence-electron chi connectivity index (χ0n) is 29.2. The third-order valence-electron chi connectivity index (χ3n) is 13.2. The molecule has 2 saturated carbocycles. The molecule has 2 aromatic rings. The van der Waals surface area contributed by atoms with Gasteiger partial charge in [0.05, 0.1) is 36.3 Å². The molecule has 0 radical (unpaired) electrons. The van der Waals surface area contributed by atoms with Crippen LogP contribution in [0.4, 0.5) is 0 Å². The van der Waals surface area contributed by atoms with Crippen LogP contribution in [0.15, 0.2) is 34.9 Å². The largest absolute Gasteiger partial charge is 0.507 e. The number of aliphatic hydroxyl groups is 4. The van der Waals surface area contributed by atoms with Crippen molar-refractivity contribution in [1.29, 1.82) is 0 Å². The van der Waals surface area contributed by atoms with Gasteiger partial charge in [-0.05, 0) is 98.5 Å². The van der Waals surface area contributed by atoms with E-state index in [1.807, 2.05) is 0 Å². The molecule has 10 unspecified atom stereocenters. The monoisotopic (exact) mass is 722 g/mol. The average Bonchev–Trinajstić information content (AvgIpc) is 3.48. The van der Waals surface area contributed by atoms with Crippen molar-refractivity contribution in [2.45, 2.75) is 82.6 Å². The summed E-state index contributed by atoms with van der Waals surface area (Å²) in [6.07, 6.45) is 0.418. The lowest BCUT2D eigenvalue weighted by molar-refractivity contribution is -0.326. The lowest BCUT2D eigenvalue weighted by Crippen LogP contribution is -2.69. The summed E-state index contributed by atoms with van der Waals surface area (Å²) < 4.78 is 25.2. The molecule has 13 heteroatoms. The summed E-state index contributed by atoms with van der Waals surface area (Å²) >= 11 is 0. The van der Waals surface area contributed by atoms with Gasteiger partial charge in [-0.15, -0.1) is 0 Å². The van der Waals surface area contributed by atoms with E-state index in [1.165, 1.54) is 25.0 Å². The van der Waals surface area contributed by atoms with Crippen molar-refractivity contribution in [2.75, 3.05) is 33.0 Å². The van der Waals surface area contributed by atoms with E-state index < -0.39 is 60.1 Å². The average molecular weight is 723 g/mol. The number of hydrogen-bond acceptors (Lipinski definition) is 12. The zero-order chi connectivity index (χ0) is 36.9. The Morgan fingerprint density at radius 3 is 2.60 bits per heavy atom. The number of phenols is 2. The fourth-order valence-corrected chi connectivity index (χ4v) is 11.1. The number of fused-ring (bicyclic) bond motifs is 3. The van der Waals surface area contributed by atoms with Gasteiger partial charge in [0, 0.05) is 29.6 Å². The number of Topliss-reactive ketones (excluding diaryl/α,β-unsaturated/α-hetero) is 1. The summed E-state index contributed by atoms with van der Waals surface area (Å²) in [4.78, 5) is 24.6. The molecule has 0 amide bonds. The third-order valence-corrected chi connectivity index (χ3v) is 13.2. The van der Waals surface area contributed by atoms with Crippen LogP contribution in [0.2, 0.25) is 0 Å². The maximum absolute atomic E-state index is 12.5. The Morgan fingerprint density at radius 2 is 1.88 bits per heavy atom. The smallest absolute Gasteiger partial charge is 0.335 e. The fraction of sp³-hybridized carbons (Fsp3) is 0.590. The number of aromatic carboxylic acids is 1. The zero-order valence-corrected chi connectivity index (χ0v) is 29.2. The molecule has 3 heterocycles. The predicted molar refractivity (Wildman–Crippen MR) is 183 cm³/mol. The second-order valence-electron chi connectivity index (χ2n) is 15.6. The number of hydrogen-bond donors (Lipinski definition) is 7. The van der Waals surface area contributed by atoms with Crippen molar-refractivity contribution in [3.05, 3.63) is 51.6 Å². The van der Waals surface area contributed by atoms with Crippen molar-refractivity contribution in [2.24, 2.45) is 29.1 Å². The van der Waals surface area contributed by atoms with Crippen LogP contribution in [0.5, 0.6) is 17.2 Å². The molecule has 1 spiro atoms. The molecule has 3 aliphatic carbocycles. The van der Waals surface area contributed by atoms with Gasteiger partial charge in [0.2, 0.25) is 6.29 Å². The highest BCUT2D eigenvalue weighted by Gasteiger charge is 2.65. The molecule has 280 valence electrons. The van der Waals surface area contributed by atoms with E-state index in [0.29, 0.717) is 32.0 Å². The molecule has 0 bridgehead atoms. The van der Waals surface area contributed by atoms with Crippen LogP contribution in [0.3, 0.4) is 0 Å². The van der Waals surface area contributed by atoms with Gasteiger partial charge in [0.15, 0.2) is 5.78 Å². The number of benzene rings is 2. The maximum atomic E-state index is 12.5. The number of carbonyl (C=O) groups is 2. The lowest BCUT2D eigenvalue weighted by Gasteiger charge is -2.61. The minimum absolute atomic E-state index is 0.0365. The number of aliphatic hydroxyl groups excluding tert-OH is 4. The van der Waals surface area contributed by atoms with Gasteiger partial charge >= 0.3 is 5.97 Å². The lowest BCUT2D eigenvalue weighted by atomic mass is 9.46. The van der Waals surface area contributed by atoms with Crippen molar-refractivity contribution < 1.29 is 64.3 Å². The number of ether oxygens (including phenoxy) is 4. The molecule has 3 aliphatic heterocycles. The van der Waals surface area contributed by atoms with Gasteiger partial charge in [0.1, 0.15) is 41.2 Å². The van der Waals surface area contributed by atoms with E-state index in [1.54, 1.807) is 0 Å². The standard InChI is InChI=1S/C39H46O13/c1-17-28(18(2)42)33(44)30-23(32(17)43)10-21(36(47)48)11-26(30)51-37-34(45)35(46)39(27(13-41)52-37)12-24-22-5-3-4-20-14-49-16-38(8-9-40,31(20)22)25-7-6-19(15-50-39)29(24)25/h7,10-11,20,22,24,27,31,34-35,37,40-41,43-46H,3-6,8-9,12-16H2,1-2H3,(H,47,48). The van der Waals surface area contributed by atoms with E-state index >= 15 is 0 Å². The van der Waals surface area contributed by atoms with Gasteiger partial charge in [0.25, 0.3) is 0 Å². The molecule has 4 fully saturated rings. The molecule has 52 heavy (non-hydrogen) atoms. The first kappa shape index (κ1) is 35.5. The Morgan fingerprint density at radius 1 is 1.10 bits per heavy atom. The minimum Gasteiger partial charge on any atom is -0.507 e. The molecule has 10 atom stereocenters. The summed E-state index contributed by atoms with van der Waals surface area (Å²) in [6.45, 7) is 3.37. The Balaban J connectivity index is 1.17. The predicted octanol–water partition coefficient (Wildman–Crippen LogP) is 3.13. The van der Waals surface area contributed by atoms with Crippen LogP contribution in [-0.2, 0) is 14.2 Å². The Kier molecular flexibility index (Phi) is 8.72. The normalized spacial score (nSPS) is 36.6. The van der Waals surface area contributed by atoms with Gasteiger partial charge in [-0.25, -0.2) is 4.79 Å². The molecule has 7 N–H and O–H groups in total. The summed E-state index contributed by atoms with van der Waals surface area (Å²) in [5.74, 6) is -2.59. The van der Waals surface area contributed by atoms with Gasteiger partial charge < -0.3 is 54.7 Å². The van der Waals surface area contributed by atoms with Crippen molar-refractivity contribution in [3.63, 3.8) is 0 Å². The summed E-state index contributed by atoms with van der Waals surface area (Å²) in [6, 6.07) is 2.21. The molecule has 2 saturated heterocycles.